The number of benzene rings is 2. The van der Waals surface area contributed by atoms with Crippen LogP contribution in [0, 0.1) is 11.3 Å². The molecule has 2 N–H and O–H groups in total. The molecule has 6 heteroatoms. The van der Waals surface area contributed by atoms with E-state index in [2.05, 4.69) is 38.7 Å². The number of nitriles is 1. The molecule has 1 saturated heterocycles. The maximum absolute atomic E-state index is 12.6. The third kappa shape index (κ3) is 4.76. The van der Waals surface area contributed by atoms with E-state index in [1.54, 1.807) is 42.6 Å². The molecule has 4 rings (SSSR count). The second-order valence-electron chi connectivity index (χ2n) is 7.29. The maximum atomic E-state index is 12.6. The van der Waals surface area contributed by atoms with Crippen molar-refractivity contribution in [1.82, 2.24) is 4.98 Å². The van der Waals surface area contributed by atoms with Crippen molar-refractivity contribution < 1.29 is 4.79 Å². The lowest BCUT2D eigenvalue weighted by Gasteiger charge is -2.28. The van der Waals surface area contributed by atoms with Crippen molar-refractivity contribution in [2.45, 2.75) is 19.3 Å². The maximum Gasteiger partial charge on any atom is 0.255 e. The summed E-state index contributed by atoms with van der Waals surface area (Å²) in [4.78, 5) is 19.3. The Kier molecular flexibility index (Phi) is 5.90. The van der Waals surface area contributed by atoms with Gasteiger partial charge in [0.15, 0.2) is 0 Å². The van der Waals surface area contributed by atoms with Crippen LogP contribution in [0.5, 0.6) is 0 Å². The van der Waals surface area contributed by atoms with Gasteiger partial charge in [-0.25, -0.2) is 4.98 Å². The average molecular weight is 397 g/mol. The van der Waals surface area contributed by atoms with E-state index in [9.17, 15) is 4.79 Å². The van der Waals surface area contributed by atoms with E-state index in [4.69, 9.17) is 5.26 Å². The Balaban J connectivity index is 1.41. The summed E-state index contributed by atoms with van der Waals surface area (Å²) in [6.45, 7) is 2.23. The van der Waals surface area contributed by atoms with Crippen LogP contribution >= 0.6 is 0 Å². The van der Waals surface area contributed by atoms with Crippen molar-refractivity contribution in [3.63, 3.8) is 0 Å². The number of carbonyl (C=O) groups excluding carboxylic acids is 1. The number of anilines is 4. The van der Waals surface area contributed by atoms with Gasteiger partial charge in [-0.15, -0.1) is 0 Å². The van der Waals surface area contributed by atoms with Crippen LogP contribution in [0.2, 0.25) is 0 Å². The van der Waals surface area contributed by atoms with Gasteiger partial charge < -0.3 is 15.5 Å². The second-order valence-corrected chi connectivity index (χ2v) is 7.29. The van der Waals surface area contributed by atoms with Gasteiger partial charge in [-0.1, -0.05) is 0 Å². The van der Waals surface area contributed by atoms with Crippen LogP contribution in [0.3, 0.4) is 0 Å². The first-order chi connectivity index (χ1) is 14.7. The van der Waals surface area contributed by atoms with Crippen molar-refractivity contribution in [3.05, 3.63) is 78.0 Å². The van der Waals surface area contributed by atoms with Crippen LogP contribution in [-0.2, 0) is 0 Å². The van der Waals surface area contributed by atoms with Crippen LogP contribution in [0.15, 0.2) is 66.9 Å². The minimum absolute atomic E-state index is 0.231. The summed E-state index contributed by atoms with van der Waals surface area (Å²) in [6.07, 6.45) is 5.43. The molecule has 3 aromatic rings. The van der Waals surface area contributed by atoms with E-state index in [-0.39, 0.29) is 5.91 Å². The Morgan fingerprint density at radius 2 is 1.63 bits per heavy atom. The van der Waals surface area contributed by atoms with Crippen molar-refractivity contribution in [3.8, 4) is 6.07 Å². The molecule has 0 unspecified atom stereocenters. The first-order valence-electron chi connectivity index (χ1n) is 10.1. The van der Waals surface area contributed by atoms with Crippen LogP contribution < -0.4 is 15.5 Å². The van der Waals surface area contributed by atoms with Gasteiger partial charge in [-0.3, -0.25) is 4.79 Å². The molecule has 0 aliphatic carbocycles. The molecule has 0 saturated carbocycles. The quantitative estimate of drug-likeness (QED) is 0.637. The summed E-state index contributed by atoms with van der Waals surface area (Å²) in [5.74, 6) is 0.374. The predicted molar refractivity (Wildman–Crippen MR) is 119 cm³/mol. The molecule has 1 fully saturated rings. The summed E-state index contributed by atoms with van der Waals surface area (Å²) in [5, 5.41) is 15.0. The number of carbonyl (C=O) groups is 1. The summed E-state index contributed by atoms with van der Waals surface area (Å²) in [7, 11) is 0. The van der Waals surface area contributed by atoms with Crippen molar-refractivity contribution in [1.29, 1.82) is 5.26 Å². The normalized spacial score (nSPS) is 13.4. The van der Waals surface area contributed by atoms with Crippen LogP contribution in [0.4, 0.5) is 22.9 Å². The monoisotopic (exact) mass is 397 g/mol. The molecule has 0 spiro atoms. The van der Waals surface area contributed by atoms with Crippen LogP contribution in [0.1, 0.15) is 35.2 Å². The predicted octanol–water partition coefficient (Wildman–Crippen LogP) is 4.94. The lowest BCUT2D eigenvalue weighted by Crippen LogP contribution is -2.29. The molecule has 1 aliphatic rings. The van der Waals surface area contributed by atoms with Crippen molar-refractivity contribution in [2.75, 3.05) is 28.6 Å². The molecule has 6 nitrogen and oxygen atoms in total. The van der Waals surface area contributed by atoms with E-state index in [1.807, 2.05) is 12.1 Å². The largest absolute Gasteiger partial charge is 0.372 e. The fourth-order valence-corrected chi connectivity index (χ4v) is 3.53. The molecule has 0 atom stereocenters. The topological polar surface area (TPSA) is 81.0 Å². The number of piperidine rings is 1. The number of rotatable bonds is 5. The van der Waals surface area contributed by atoms with Gasteiger partial charge in [0.25, 0.3) is 5.91 Å². The molecule has 0 bridgehead atoms. The molecule has 0 radical (unpaired) electrons. The number of nitrogens with one attached hydrogen (secondary N) is 2. The number of hydrogen-bond acceptors (Lipinski definition) is 5. The zero-order chi connectivity index (χ0) is 20.8. The number of nitrogens with zero attached hydrogens (tertiary/aromatic N) is 3. The lowest BCUT2D eigenvalue weighted by atomic mass is 10.1. The highest BCUT2D eigenvalue weighted by molar-refractivity contribution is 6.04. The summed E-state index contributed by atoms with van der Waals surface area (Å²) in [6, 6.07) is 20.5. The number of hydrogen-bond donors (Lipinski definition) is 2. The minimum Gasteiger partial charge on any atom is -0.372 e. The highest BCUT2D eigenvalue weighted by Crippen LogP contribution is 2.23. The number of aromatic nitrogens is 1. The Morgan fingerprint density at radius 3 is 2.33 bits per heavy atom. The molecule has 2 aromatic carbocycles. The van der Waals surface area contributed by atoms with Crippen LogP contribution in [0.25, 0.3) is 0 Å². The lowest BCUT2D eigenvalue weighted by molar-refractivity contribution is 0.102. The minimum atomic E-state index is -0.231. The zero-order valence-electron chi connectivity index (χ0n) is 16.6. The average Bonchev–Trinajstić information content (AvgIpc) is 2.81. The fraction of sp³-hybridized carbons (Fsp3) is 0.208. The Bertz CT molecular complexity index is 1050. The van der Waals surface area contributed by atoms with Gasteiger partial charge >= 0.3 is 0 Å². The third-order valence-electron chi connectivity index (χ3n) is 5.15. The Labute approximate surface area is 176 Å². The van der Waals surface area contributed by atoms with Crippen LogP contribution in [-0.4, -0.2) is 24.0 Å². The molecule has 30 heavy (non-hydrogen) atoms. The van der Waals surface area contributed by atoms with Gasteiger partial charge in [-0.05, 0) is 79.9 Å². The Morgan fingerprint density at radius 1 is 0.933 bits per heavy atom. The second kappa shape index (κ2) is 9.10. The van der Waals surface area contributed by atoms with Crippen molar-refractivity contribution in [2.24, 2.45) is 0 Å². The molecule has 1 aromatic heterocycles. The molecule has 150 valence electrons. The highest BCUT2D eigenvalue weighted by atomic mass is 16.1. The molecule has 1 amide bonds. The molecular weight excluding hydrogens is 374 g/mol. The van der Waals surface area contributed by atoms with Gasteiger partial charge in [-0.2, -0.15) is 5.26 Å². The Hall–Kier alpha value is -3.85. The number of amides is 1. The van der Waals surface area contributed by atoms with Gasteiger partial charge in [0.2, 0.25) is 0 Å². The first-order valence-corrected chi connectivity index (χ1v) is 10.1. The fourth-order valence-electron chi connectivity index (χ4n) is 3.53. The molecule has 1 aliphatic heterocycles. The third-order valence-corrected chi connectivity index (χ3v) is 5.15. The number of pyridine rings is 1. The van der Waals surface area contributed by atoms with Crippen molar-refractivity contribution >= 4 is 28.8 Å². The van der Waals surface area contributed by atoms with Gasteiger partial charge in [0.05, 0.1) is 11.6 Å². The van der Waals surface area contributed by atoms with Gasteiger partial charge in [0.1, 0.15) is 5.82 Å². The van der Waals surface area contributed by atoms with E-state index in [0.29, 0.717) is 22.6 Å². The van der Waals surface area contributed by atoms with E-state index in [0.717, 1.165) is 18.8 Å². The van der Waals surface area contributed by atoms with E-state index < -0.39 is 0 Å². The molecular formula is C24H23N5O. The van der Waals surface area contributed by atoms with E-state index in [1.165, 1.54) is 24.9 Å². The van der Waals surface area contributed by atoms with Gasteiger partial charge in [0, 0.05) is 41.9 Å². The first kappa shape index (κ1) is 19.5. The summed E-state index contributed by atoms with van der Waals surface area (Å²) < 4.78 is 0. The summed E-state index contributed by atoms with van der Waals surface area (Å²) in [5.41, 5.74) is 3.85. The molecule has 2 heterocycles. The summed E-state index contributed by atoms with van der Waals surface area (Å²) >= 11 is 0. The zero-order valence-corrected chi connectivity index (χ0v) is 16.6. The highest BCUT2D eigenvalue weighted by Gasteiger charge is 2.11. The standard InChI is InChI=1S/C24H23N5O/c25-17-18-4-6-21(7-5-18)28-24(30)19-12-13-26-23(16-19)27-20-8-10-22(11-9-20)29-14-2-1-3-15-29/h4-13,16H,1-3,14-15H2,(H,26,27)(H,28,30). The smallest absolute Gasteiger partial charge is 0.255 e. The van der Waals surface area contributed by atoms with E-state index >= 15 is 0 Å². The SMILES string of the molecule is N#Cc1ccc(NC(=O)c2ccnc(Nc3ccc(N4CCCCC4)cc3)c2)cc1.